The third kappa shape index (κ3) is 1.50. The van der Waals surface area contributed by atoms with Crippen LogP contribution in [0.1, 0.15) is 5.56 Å². The number of fused-ring (bicyclic) bond motifs is 1. The van der Waals surface area contributed by atoms with Gasteiger partial charge in [0.15, 0.2) is 5.79 Å². The molecule has 1 aromatic carbocycles. The monoisotopic (exact) mass is 285 g/mol. The molecule has 0 spiro atoms. The van der Waals surface area contributed by atoms with Crippen LogP contribution in [-0.2, 0) is 18.7 Å². The molecule has 4 aliphatic heterocycles. The van der Waals surface area contributed by atoms with Gasteiger partial charge in [-0.05, 0) is 6.92 Å². The normalized spacial score (nSPS) is 45.9. The van der Waals surface area contributed by atoms with Crippen LogP contribution in [0.4, 0.5) is 0 Å². The Morgan fingerprint density at radius 1 is 1.35 bits per heavy atom. The zero-order chi connectivity index (χ0) is 14.0. The third-order valence-corrected chi connectivity index (χ3v) is 4.34. The number of aliphatic hydroxyl groups is 2. The molecule has 5 atom stereocenters. The first-order chi connectivity index (χ1) is 9.58. The van der Waals surface area contributed by atoms with Crippen LogP contribution in [0.3, 0.4) is 0 Å². The molecular formula is C13H16BO6-. The fourth-order valence-corrected chi connectivity index (χ4v) is 3.25. The fraction of sp³-hybridized carbons (Fsp3) is 0.538. The van der Waals surface area contributed by atoms with E-state index in [0.717, 1.165) is 11.0 Å². The van der Waals surface area contributed by atoms with E-state index in [1.165, 1.54) is 0 Å². The highest BCUT2D eigenvalue weighted by molar-refractivity contribution is 6.76. The van der Waals surface area contributed by atoms with Crippen LogP contribution in [0.15, 0.2) is 24.3 Å². The van der Waals surface area contributed by atoms with Gasteiger partial charge in [-0.25, -0.2) is 0 Å². The van der Waals surface area contributed by atoms with Crippen LogP contribution in [-0.4, -0.2) is 54.3 Å². The minimum atomic E-state index is -2.19. The van der Waals surface area contributed by atoms with Crippen LogP contribution in [0.5, 0.6) is 0 Å². The smallest absolute Gasteiger partial charge is 0.412 e. The van der Waals surface area contributed by atoms with E-state index in [1.54, 1.807) is 0 Å². The molecule has 4 heterocycles. The minimum Gasteiger partial charge on any atom is -0.539 e. The van der Waals surface area contributed by atoms with Gasteiger partial charge in [0.25, 0.3) is 0 Å². The van der Waals surface area contributed by atoms with Gasteiger partial charge in [-0.2, -0.15) is 0 Å². The van der Waals surface area contributed by atoms with Gasteiger partial charge in [-0.3, -0.25) is 0 Å². The molecule has 0 amide bonds. The summed E-state index contributed by atoms with van der Waals surface area (Å²) in [5.41, 5.74) is 1.86. The maximum absolute atomic E-state index is 10.2. The molecule has 5 rings (SSSR count). The Balaban J connectivity index is 1.79. The SMILES string of the molecule is Cc1ccc([B-]23O[13CH2][13C@H]4O[13C@@]([13CH2]O)(O2)[13C@@H](O3)[13C@@H]4O)cc1. The summed E-state index contributed by atoms with van der Waals surface area (Å²) in [6.07, 6.45) is -2.14. The van der Waals surface area contributed by atoms with Gasteiger partial charge in [0.2, 0.25) is 0 Å². The number of benzene rings is 1. The van der Waals surface area contributed by atoms with Crippen LogP contribution in [0.25, 0.3) is 0 Å². The summed E-state index contributed by atoms with van der Waals surface area (Å²) in [6.45, 7) is -0.417. The Morgan fingerprint density at radius 3 is 2.75 bits per heavy atom. The third-order valence-electron chi connectivity index (χ3n) is 4.34. The zero-order valence-electron chi connectivity index (χ0n) is 11.1. The average molecular weight is 285 g/mol. The van der Waals surface area contributed by atoms with Gasteiger partial charge in [0.1, 0.15) is 12.2 Å². The molecule has 20 heavy (non-hydrogen) atoms. The molecule has 4 saturated heterocycles. The van der Waals surface area contributed by atoms with Crippen molar-refractivity contribution in [3.05, 3.63) is 29.8 Å². The van der Waals surface area contributed by atoms with Crippen LogP contribution in [0.2, 0.25) is 0 Å². The summed E-state index contributed by atoms with van der Waals surface area (Å²) in [5.74, 6) is -1.33. The van der Waals surface area contributed by atoms with Crippen LogP contribution in [0, 0.1) is 6.92 Å². The predicted octanol–water partition coefficient (Wildman–Crippen LogP) is -0.965. The Morgan fingerprint density at radius 2 is 2.10 bits per heavy atom. The summed E-state index contributed by atoms with van der Waals surface area (Å²) in [4.78, 5) is 0. The first-order valence-electron chi connectivity index (χ1n) is 6.78. The molecule has 1 unspecified atom stereocenters. The Bertz CT molecular complexity index is 536. The number of hydrogen-bond acceptors (Lipinski definition) is 6. The van der Waals surface area contributed by atoms with Crippen molar-refractivity contribution in [2.24, 2.45) is 0 Å². The van der Waals surface area contributed by atoms with Crippen LogP contribution < -0.4 is 5.46 Å². The van der Waals surface area contributed by atoms with E-state index in [2.05, 4.69) is 0 Å². The summed E-state index contributed by atoms with van der Waals surface area (Å²) < 4.78 is 23.2. The van der Waals surface area contributed by atoms with E-state index >= 15 is 0 Å². The van der Waals surface area contributed by atoms with Gasteiger partial charge >= 0.3 is 6.75 Å². The molecule has 0 aromatic heterocycles. The molecule has 4 fully saturated rings. The van der Waals surface area contributed by atoms with Crippen molar-refractivity contribution in [3.8, 4) is 0 Å². The lowest BCUT2D eigenvalue weighted by Crippen LogP contribution is -2.54. The van der Waals surface area contributed by atoms with Gasteiger partial charge in [-0.15, -0.1) is 5.46 Å². The van der Waals surface area contributed by atoms with Crippen molar-refractivity contribution in [2.45, 2.75) is 31.0 Å². The molecule has 7 heteroatoms. The number of aliphatic hydroxyl groups excluding tert-OH is 2. The molecule has 0 saturated carbocycles. The zero-order valence-corrected chi connectivity index (χ0v) is 11.1. The quantitative estimate of drug-likeness (QED) is 0.538. The number of rotatable bonds is 2. The maximum atomic E-state index is 10.2. The lowest BCUT2D eigenvalue weighted by molar-refractivity contribution is -0.193. The highest BCUT2D eigenvalue weighted by atomic mass is 17.0. The van der Waals surface area contributed by atoms with E-state index in [0.29, 0.717) is 0 Å². The standard InChI is InChI=1S/C13H16BO6/c1-8-2-4-9(5-3-8)14-17-6-10-11(16)12(19-14)13(7-15,18-10)20-14/h2-5,10-12,15-16H,6-7H2,1H3/q-1/t10-,11-,12+,13+,14?/m1/s1/i6+1,7+1,10+1,11+1,12+1,13+1. The molecule has 2 N–H and O–H groups in total. The molecule has 108 valence electrons. The maximum Gasteiger partial charge on any atom is 0.412 e. The molecule has 0 radical (unpaired) electrons. The van der Waals surface area contributed by atoms with Crippen molar-refractivity contribution in [1.29, 1.82) is 0 Å². The molecule has 0 aliphatic carbocycles. The van der Waals surface area contributed by atoms with Crippen molar-refractivity contribution in [2.75, 3.05) is 13.2 Å². The molecule has 4 bridgehead atoms. The summed E-state index contributed by atoms with van der Waals surface area (Å²) in [6, 6.07) is 7.62. The second kappa shape index (κ2) is 4.04. The Labute approximate surface area is 116 Å². The van der Waals surface area contributed by atoms with Gasteiger partial charge < -0.3 is 28.9 Å². The van der Waals surface area contributed by atoms with Gasteiger partial charge in [0, 0.05) is 6.61 Å². The van der Waals surface area contributed by atoms with Gasteiger partial charge in [-0.1, -0.05) is 29.8 Å². The summed E-state index contributed by atoms with van der Waals surface area (Å²) in [7, 11) is 0. The number of ether oxygens (including phenoxy) is 1. The highest BCUT2D eigenvalue weighted by Gasteiger charge is 2.66. The van der Waals surface area contributed by atoms with Crippen molar-refractivity contribution in [1.82, 2.24) is 0 Å². The summed E-state index contributed by atoms with van der Waals surface area (Å²) >= 11 is 0. The number of aryl methyl sites for hydroxylation is 1. The second-order valence-corrected chi connectivity index (χ2v) is 5.68. The van der Waals surface area contributed by atoms with Crippen molar-refractivity contribution in [3.63, 3.8) is 0 Å². The fourth-order valence-electron chi connectivity index (χ4n) is 3.25. The molecular weight excluding hydrogens is 269 g/mol. The van der Waals surface area contributed by atoms with E-state index in [-0.39, 0.29) is 13.2 Å². The molecule has 6 nitrogen and oxygen atoms in total. The minimum absolute atomic E-state index is 0.174. The van der Waals surface area contributed by atoms with E-state index in [4.69, 9.17) is 18.7 Å². The topological polar surface area (TPSA) is 77.4 Å². The highest BCUT2D eigenvalue weighted by Crippen LogP contribution is 2.46. The van der Waals surface area contributed by atoms with Crippen molar-refractivity contribution >= 4 is 12.2 Å². The summed E-state index contributed by atoms with van der Waals surface area (Å²) in [5, 5.41) is 19.8. The molecule has 1 aromatic rings. The average Bonchev–Trinajstić information content (AvgIpc) is 2.75. The van der Waals surface area contributed by atoms with E-state index in [9.17, 15) is 10.2 Å². The Kier molecular flexibility index (Phi) is 2.57. The predicted molar refractivity (Wildman–Crippen MR) is 69.2 cm³/mol. The lowest BCUT2D eigenvalue weighted by atomic mass is 9.70. The number of hydrogen-bond donors (Lipinski definition) is 2. The van der Waals surface area contributed by atoms with Gasteiger partial charge in [0.05, 0.1) is 12.7 Å². The van der Waals surface area contributed by atoms with Crippen molar-refractivity contribution < 1.29 is 28.9 Å². The van der Waals surface area contributed by atoms with Crippen LogP contribution >= 0.6 is 0 Å². The largest absolute Gasteiger partial charge is 0.539 e. The van der Waals surface area contributed by atoms with E-state index in [1.807, 2.05) is 31.2 Å². The first kappa shape index (κ1) is 12.8. The first-order valence-corrected chi connectivity index (χ1v) is 6.78. The Hall–Kier alpha value is -0.955. The lowest BCUT2D eigenvalue weighted by Gasteiger charge is -2.35. The second-order valence-electron chi connectivity index (χ2n) is 5.68. The van der Waals surface area contributed by atoms with E-state index < -0.39 is 30.9 Å². The molecule has 4 aliphatic rings.